The topological polar surface area (TPSA) is 63.6 Å². The summed E-state index contributed by atoms with van der Waals surface area (Å²) < 4.78 is 4.61. The van der Waals surface area contributed by atoms with E-state index in [0.29, 0.717) is 24.4 Å². The van der Waals surface area contributed by atoms with Gasteiger partial charge in [0.15, 0.2) is 0 Å². The third-order valence-corrected chi connectivity index (χ3v) is 6.99. The van der Waals surface area contributed by atoms with Crippen LogP contribution < -0.4 is 0 Å². The van der Waals surface area contributed by atoms with Crippen molar-refractivity contribution in [2.24, 2.45) is 5.92 Å². The molecule has 0 heterocycles. The van der Waals surface area contributed by atoms with Crippen molar-refractivity contribution in [2.45, 2.75) is 37.0 Å². The van der Waals surface area contributed by atoms with Crippen LogP contribution >= 0.6 is 23.5 Å². The van der Waals surface area contributed by atoms with Gasteiger partial charge in [-0.1, -0.05) is 42.5 Å². The van der Waals surface area contributed by atoms with Crippen LogP contribution in [-0.4, -0.2) is 52.6 Å². The van der Waals surface area contributed by atoms with Crippen LogP contribution in [-0.2, 0) is 20.7 Å². The molecule has 3 atom stereocenters. The highest BCUT2D eigenvalue weighted by atomic mass is 32.2. The highest BCUT2D eigenvalue weighted by Gasteiger charge is 2.33. The van der Waals surface area contributed by atoms with Gasteiger partial charge in [-0.3, -0.25) is 9.59 Å². The molecule has 0 aliphatic heterocycles. The van der Waals surface area contributed by atoms with Crippen LogP contribution in [0.2, 0.25) is 0 Å². The summed E-state index contributed by atoms with van der Waals surface area (Å²) in [6.07, 6.45) is 6.39. The number of aliphatic hydroxyl groups is 1. The lowest BCUT2D eigenvalue weighted by atomic mass is 10.0. The molecule has 6 heteroatoms. The Hall–Kier alpha value is -1.24. The van der Waals surface area contributed by atoms with Gasteiger partial charge in [0, 0.05) is 12.8 Å². The van der Waals surface area contributed by atoms with Crippen LogP contribution in [0.15, 0.2) is 42.5 Å². The van der Waals surface area contributed by atoms with E-state index in [-0.39, 0.29) is 17.1 Å². The molecule has 0 spiro atoms. The van der Waals surface area contributed by atoms with Gasteiger partial charge in [-0.25, -0.2) is 0 Å². The molecular weight excluding hydrogens is 380 g/mol. The van der Waals surface area contributed by atoms with E-state index < -0.39 is 6.10 Å². The highest BCUT2D eigenvalue weighted by Crippen LogP contribution is 2.34. The van der Waals surface area contributed by atoms with Crippen LogP contribution in [0.5, 0.6) is 0 Å². The van der Waals surface area contributed by atoms with Crippen molar-refractivity contribution >= 4 is 35.3 Å². The van der Waals surface area contributed by atoms with Crippen molar-refractivity contribution in [1.29, 1.82) is 0 Å². The quantitative estimate of drug-likeness (QED) is 0.343. The third-order valence-electron chi connectivity index (χ3n) is 4.48. The van der Waals surface area contributed by atoms with Gasteiger partial charge < -0.3 is 9.84 Å². The van der Waals surface area contributed by atoms with Gasteiger partial charge in [0.1, 0.15) is 5.78 Å². The zero-order chi connectivity index (χ0) is 19.5. The molecule has 2 rings (SSSR count). The van der Waals surface area contributed by atoms with E-state index in [2.05, 4.69) is 4.74 Å². The number of allylic oxidation sites excluding steroid dienone is 1. The number of hydrogen-bond acceptors (Lipinski definition) is 6. The minimum atomic E-state index is -0.525. The van der Waals surface area contributed by atoms with Crippen molar-refractivity contribution < 1.29 is 19.4 Å². The number of rotatable bonds is 11. The second kappa shape index (κ2) is 12.3. The maximum absolute atomic E-state index is 12.2. The van der Waals surface area contributed by atoms with E-state index in [1.165, 1.54) is 7.11 Å². The SMILES string of the molecule is COC(=O)CSCCCSC1C(=O)CC[C@@H]1C=CC(O)Cc1ccccc1. The first-order valence-corrected chi connectivity index (χ1v) is 11.5. The number of esters is 1. The molecule has 2 unspecified atom stereocenters. The first-order chi connectivity index (χ1) is 13.1. The lowest BCUT2D eigenvalue weighted by Gasteiger charge is -2.15. The fraction of sp³-hybridized carbons (Fsp3) is 0.524. The van der Waals surface area contributed by atoms with Gasteiger partial charge in [0.2, 0.25) is 0 Å². The van der Waals surface area contributed by atoms with Crippen LogP contribution in [0, 0.1) is 5.92 Å². The maximum atomic E-state index is 12.2. The van der Waals surface area contributed by atoms with Gasteiger partial charge in [0.05, 0.1) is 24.2 Å². The maximum Gasteiger partial charge on any atom is 0.315 e. The first-order valence-electron chi connectivity index (χ1n) is 9.29. The minimum Gasteiger partial charge on any atom is -0.468 e. The fourth-order valence-corrected chi connectivity index (χ4v) is 5.34. The Bertz CT molecular complexity index is 618. The Morgan fingerprint density at radius 2 is 2.11 bits per heavy atom. The van der Waals surface area contributed by atoms with Crippen molar-refractivity contribution in [3.8, 4) is 0 Å². The molecule has 0 saturated heterocycles. The number of thioether (sulfide) groups is 2. The molecule has 0 amide bonds. The molecule has 27 heavy (non-hydrogen) atoms. The van der Waals surface area contributed by atoms with E-state index in [0.717, 1.165) is 29.9 Å². The van der Waals surface area contributed by atoms with E-state index >= 15 is 0 Å². The molecule has 1 aliphatic rings. The number of carbonyl (C=O) groups is 2. The molecule has 1 aliphatic carbocycles. The summed E-state index contributed by atoms with van der Waals surface area (Å²) in [5.41, 5.74) is 1.10. The summed E-state index contributed by atoms with van der Waals surface area (Å²) in [7, 11) is 1.40. The van der Waals surface area contributed by atoms with E-state index in [4.69, 9.17) is 0 Å². The summed E-state index contributed by atoms with van der Waals surface area (Å²) >= 11 is 3.27. The second-order valence-electron chi connectivity index (χ2n) is 6.58. The summed E-state index contributed by atoms with van der Waals surface area (Å²) in [4.78, 5) is 23.2. The number of ketones is 1. The molecule has 0 radical (unpaired) electrons. The van der Waals surface area contributed by atoms with Crippen LogP contribution in [0.1, 0.15) is 24.8 Å². The van der Waals surface area contributed by atoms with Gasteiger partial charge in [-0.05, 0) is 35.8 Å². The Morgan fingerprint density at radius 3 is 2.85 bits per heavy atom. The van der Waals surface area contributed by atoms with Gasteiger partial charge in [-0.2, -0.15) is 11.8 Å². The van der Waals surface area contributed by atoms with Crippen LogP contribution in [0.4, 0.5) is 0 Å². The summed E-state index contributed by atoms with van der Waals surface area (Å²) in [6.45, 7) is 0. The lowest BCUT2D eigenvalue weighted by molar-refractivity contribution is -0.137. The monoisotopic (exact) mass is 408 g/mol. The molecule has 0 bridgehead atoms. The predicted molar refractivity (Wildman–Crippen MR) is 113 cm³/mol. The number of ether oxygens (including phenoxy) is 1. The molecule has 1 aromatic carbocycles. The zero-order valence-corrected chi connectivity index (χ0v) is 17.3. The number of benzene rings is 1. The third kappa shape index (κ3) is 8.11. The summed E-state index contributed by atoms with van der Waals surface area (Å²) in [5.74, 6) is 2.50. The van der Waals surface area contributed by atoms with Crippen LogP contribution in [0.25, 0.3) is 0 Å². The van der Waals surface area contributed by atoms with E-state index in [1.54, 1.807) is 23.5 Å². The lowest BCUT2D eigenvalue weighted by Crippen LogP contribution is -2.17. The van der Waals surface area contributed by atoms with Crippen molar-refractivity contribution in [3.05, 3.63) is 48.0 Å². The van der Waals surface area contributed by atoms with E-state index in [9.17, 15) is 14.7 Å². The van der Waals surface area contributed by atoms with Crippen molar-refractivity contribution in [1.82, 2.24) is 0 Å². The fourth-order valence-electron chi connectivity index (χ4n) is 3.04. The molecular formula is C21H28O4S2. The highest BCUT2D eigenvalue weighted by molar-refractivity contribution is 8.01. The standard InChI is InChI=1S/C21H28O4S2/c1-25-20(24)15-26-12-5-13-27-21-17(9-11-19(21)23)8-10-18(22)14-16-6-3-2-4-7-16/h2-4,6-8,10,17-18,21-22H,5,9,11-15H2,1H3/t17-,18?,21?/m0/s1. The average molecular weight is 409 g/mol. The molecule has 1 fully saturated rings. The Balaban J connectivity index is 1.72. The van der Waals surface area contributed by atoms with E-state index in [1.807, 2.05) is 42.5 Å². The Kier molecular flexibility index (Phi) is 10.0. The molecule has 148 valence electrons. The minimum absolute atomic E-state index is 0.00391. The Morgan fingerprint density at radius 1 is 1.33 bits per heavy atom. The summed E-state index contributed by atoms with van der Waals surface area (Å²) in [6, 6.07) is 9.92. The molecule has 1 saturated carbocycles. The normalized spacial score (nSPS) is 20.9. The smallest absolute Gasteiger partial charge is 0.315 e. The van der Waals surface area contributed by atoms with Crippen LogP contribution in [0.3, 0.4) is 0 Å². The van der Waals surface area contributed by atoms with Crippen molar-refractivity contribution in [2.75, 3.05) is 24.4 Å². The number of carbonyl (C=O) groups excluding carboxylic acids is 2. The van der Waals surface area contributed by atoms with Crippen molar-refractivity contribution in [3.63, 3.8) is 0 Å². The molecule has 0 aromatic heterocycles. The number of aliphatic hydroxyl groups excluding tert-OH is 1. The number of methoxy groups -OCH3 is 1. The van der Waals surface area contributed by atoms with Gasteiger partial charge >= 0.3 is 5.97 Å². The van der Waals surface area contributed by atoms with Gasteiger partial charge in [0.25, 0.3) is 0 Å². The first kappa shape index (κ1) is 22.1. The zero-order valence-electron chi connectivity index (χ0n) is 15.7. The molecule has 1 N–H and O–H groups in total. The molecule has 1 aromatic rings. The number of Topliss-reactive ketones (excluding diaryl/α,β-unsaturated/α-hetero) is 1. The summed E-state index contributed by atoms with van der Waals surface area (Å²) in [5, 5.41) is 10.2. The Labute approximate surface area is 170 Å². The average Bonchev–Trinajstić information content (AvgIpc) is 3.03. The largest absolute Gasteiger partial charge is 0.468 e. The second-order valence-corrected chi connectivity index (χ2v) is 8.94. The predicted octanol–water partition coefficient (Wildman–Crippen LogP) is 3.52. The number of hydrogen-bond donors (Lipinski definition) is 1. The van der Waals surface area contributed by atoms with Gasteiger partial charge in [-0.15, -0.1) is 11.8 Å². The molecule has 4 nitrogen and oxygen atoms in total.